The first kappa shape index (κ1) is 15.4. The maximum absolute atomic E-state index is 3.37. The molecular weight excluding hydrogens is 160 g/mol. The van der Waals surface area contributed by atoms with E-state index in [9.17, 15) is 0 Å². The minimum atomic E-state index is 0.764. The van der Waals surface area contributed by atoms with Gasteiger partial charge in [-0.25, -0.2) is 0 Å². The van der Waals surface area contributed by atoms with Crippen LogP contribution in [-0.4, -0.2) is 26.2 Å². The van der Waals surface area contributed by atoms with Gasteiger partial charge in [0.15, 0.2) is 0 Å². The van der Waals surface area contributed by atoms with E-state index in [4.69, 9.17) is 0 Å². The Kier molecular flexibility index (Phi) is 17.1. The van der Waals surface area contributed by atoms with Crippen molar-refractivity contribution in [2.75, 3.05) is 20.1 Å². The van der Waals surface area contributed by atoms with Crippen molar-refractivity contribution in [2.45, 2.75) is 53.0 Å². The summed E-state index contributed by atoms with van der Waals surface area (Å²) in [7, 11) is 2.05. The van der Waals surface area contributed by atoms with Crippen molar-refractivity contribution in [3.63, 3.8) is 0 Å². The van der Waals surface area contributed by atoms with Gasteiger partial charge in [0, 0.05) is 6.04 Å². The van der Waals surface area contributed by atoms with Crippen molar-refractivity contribution >= 4 is 0 Å². The van der Waals surface area contributed by atoms with Crippen molar-refractivity contribution in [3.8, 4) is 0 Å². The summed E-state index contributed by atoms with van der Waals surface area (Å²) < 4.78 is 0. The van der Waals surface area contributed by atoms with Crippen LogP contribution >= 0.6 is 0 Å². The summed E-state index contributed by atoms with van der Waals surface area (Å²) in [4.78, 5) is 0. The first-order valence-corrected chi connectivity index (χ1v) is 5.81. The van der Waals surface area contributed by atoms with E-state index < -0.39 is 0 Å². The van der Waals surface area contributed by atoms with Gasteiger partial charge in [-0.1, -0.05) is 27.7 Å². The minimum absolute atomic E-state index is 0.764. The van der Waals surface area contributed by atoms with Gasteiger partial charge in [0.1, 0.15) is 0 Å². The molecule has 1 atom stereocenters. The molecule has 1 saturated heterocycles. The molecule has 0 aromatic rings. The Balaban J connectivity index is 0. The smallest absolute Gasteiger partial charge is 0.00766 e. The summed E-state index contributed by atoms with van der Waals surface area (Å²) in [5.74, 6) is 0. The average molecular weight is 188 g/mol. The first-order valence-electron chi connectivity index (χ1n) is 5.81. The highest BCUT2D eigenvalue weighted by molar-refractivity contribution is 4.69. The van der Waals surface area contributed by atoms with E-state index in [1.54, 1.807) is 0 Å². The molecule has 1 aliphatic rings. The summed E-state index contributed by atoms with van der Waals surface area (Å²) in [6, 6.07) is 0.764. The third-order valence-electron chi connectivity index (χ3n) is 1.98. The van der Waals surface area contributed by atoms with Crippen molar-refractivity contribution in [1.29, 1.82) is 0 Å². The third-order valence-corrected chi connectivity index (χ3v) is 1.98. The van der Waals surface area contributed by atoms with E-state index in [1.807, 2.05) is 27.7 Å². The lowest BCUT2D eigenvalue weighted by Gasteiger charge is -2.10. The summed E-state index contributed by atoms with van der Waals surface area (Å²) in [6.45, 7) is 10.4. The molecule has 0 aliphatic carbocycles. The highest BCUT2D eigenvalue weighted by atomic mass is 14.9. The third kappa shape index (κ3) is 9.84. The monoisotopic (exact) mass is 188 g/mol. The zero-order chi connectivity index (χ0) is 10.5. The molecule has 1 aliphatic heterocycles. The lowest BCUT2D eigenvalue weighted by atomic mass is 10.1. The second kappa shape index (κ2) is 14.4. The van der Waals surface area contributed by atoms with Crippen LogP contribution in [0.5, 0.6) is 0 Å². The topological polar surface area (TPSA) is 24.1 Å². The largest absolute Gasteiger partial charge is 0.317 e. The van der Waals surface area contributed by atoms with Crippen molar-refractivity contribution in [1.82, 2.24) is 10.6 Å². The Morgan fingerprint density at radius 1 is 1.00 bits per heavy atom. The normalized spacial score (nSPS) is 21.5. The second-order valence-electron chi connectivity index (χ2n) is 2.67. The predicted octanol–water partition coefficient (Wildman–Crippen LogP) is 2.40. The van der Waals surface area contributed by atoms with Gasteiger partial charge in [-0.2, -0.15) is 0 Å². The molecule has 0 aromatic heterocycles. The van der Waals surface area contributed by atoms with Gasteiger partial charge in [-0.15, -0.1) is 0 Å². The molecule has 0 radical (unpaired) electrons. The standard InChI is InChI=1S/C7H16N2.2C2H6/c1-8-7-3-2-5-9-6-4-7;2*1-2/h7-9H,2-6H2,1H3;2*1-2H3. The van der Waals surface area contributed by atoms with E-state index in [0.717, 1.165) is 6.04 Å². The Bertz CT molecular complexity index is 66.5. The molecule has 0 saturated carbocycles. The van der Waals surface area contributed by atoms with Gasteiger partial charge in [0.25, 0.3) is 0 Å². The van der Waals surface area contributed by atoms with E-state index in [-0.39, 0.29) is 0 Å². The van der Waals surface area contributed by atoms with Crippen LogP contribution in [0.25, 0.3) is 0 Å². The molecule has 1 rings (SSSR count). The molecule has 0 spiro atoms. The maximum Gasteiger partial charge on any atom is 0.00766 e. The Hall–Kier alpha value is -0.0800. The molecule has 1 fully saturated rings. The van der Waals surface area contributed by atoms with Crippen LogP contribution in [0.15, 0.2) is 0 Å². The van der Waals surface area contributed by atoms with Crippen LogP contribution in [0.4, 0.5) is 0 Å². The predicted molar refractivity (Wildman–Crippen MR) is 62.3 cm³/mol. The van der Waals surface area contributed by atoms with Crippen molar-refractivity contribution in [3.05, 3.63) is 0 Å². The molecule has 2 N–H and O–H groups in total. The van der Waals surface area contributed by atoms with Crippen molar-refractivity contribution in [2.24, 2.45) is 0 Å². The summed E-state index contributed by atoms with van der Waals surface area (Å²) in [5.41, 5.74) is 0. The minimum Gasteiger partial charge on any atom is -0.317 e. The first-order chi connectivity index (χ1) is 6.43. The molecule has 0 amide bonds. The summed E-state index contributed by atoms with van der Waals surface area (Å²) >= 11 is 0. The van der Waals surface area contributed by atoms with Gasteiger partial charge in [0.2, 0.25) is 0 Å². The molecule has 0 bridgehead atoms. The van der Waals surface area contributed by atoms with Crippen LogP contribution in [0, 0.1) is 0 Å². The molecule has 2 heteroatoms. The fraction of sp³-hybridized carbons (Fsp3) is 1.00. The van der Waals surface area contributed by atoms with Gasteiger partial charge in [-0.3, -0.25) is 0 Å². The Morgan fingerprint density at radius 3 is 2.15 bits per heavy atom. The Labute approximate surface area is 84.5 Å². The molecule has 0 aromatic carbocycles. The Morgan fingerprint density at radius 2 is 1.62 bits per heavy atom. The van der Waals surface area contributed by atoms with Gasteiger partial charge < -0.3 is 10.6 Å². The van der Waals surface area contributed by atoms with Gasteiger partial charge in [0.05, 0.1) is 0 Å². The molecule has 1 heterocycles. The van der Waals surface area contributed by atoms with E-state index in [1.165, 1.54) is 32.4 Å². The molecular formula is C11H28N2. The number of rotatable bonds is 1. The zero-order valence-corrected chi connectivity index (χ0v) is 10.1. The quantitative estimate of drug-likeness (QED) is 0.660. The van der Waals surface area contributed by atoms with Crippen LogP contribution in [0.1, 0.15) is 47.0 Å². The van der Waals surface area contributed by atoms with Crippen LogP contribution in [0.3, 0.4) is 0 Å². The number of nitrogens with one attached hydrogen (secondary N) is 2. The molecule has 2 nitrogen and oxygen atoms in total. The number of hydrogen-bond donors (Lipinski definition) is 2. The average Bonchev–Trinajstić information content (AvgIpc) is 2.51. The highest BCUT2D eigenvalue weighted by Crippen LogP contribution is 2.02. The summed E-state index contributed by atoms with van der Waals surface area (Å²) in [6.07, 6.45) is 3.95. The fourth-order valence-electron chi connectivity index (χ4n) is 1.31. The van der Waals surface area contributed by atoms with Crippen molar-refractivity contribution < 1.29 is 0 Å². The summed E-state index contributed by atoms with van der Waals surface area (Å²) in [5, 5.41) is 6.68. The lowest BCUT2D eigenvalue weighted by Crippen LogP contribution is -2.25. The SMILES string of the molecule is CC.CC.CNC1CCCNCC1. The van der Waals surface area contributed by atoms with Crippen LogP contribution in [0.2, 0.25) is 0 Å². The second-order valence-corrected chi connectivity index (χ2v) is 2.67. The van der Waals surface area contributed by atoms with Crippen LogP contribution < -0.4 is 10.6 Å². The lowest BCUT2D eigenvalue weighted by molar-refractivity contribution is 0.511. The molecule has 1 unspecified atom stereocenters. The van der Waals surface area contributed by atoms with Gasteiger partial charge in [-0.05, 0) is 39.4 Å². The molecule has 13 heavy (non-hydrogen) atoms. The van der Waals surface area contributed by atoms with Gasteiger partial charge >= 0.3 is 0 Å². The zero-order valence-electron chi connectivity index (χ0n) is 10.1. The fourth-order valence-corrected chi connectivity index (χ4v) is 1.31. The van der Waals surface area contributed by atoms with Crippen LogP contribution in [-0.2, 0) is 0 Å². The van der Waals surface area contributed by atoms with E-state index in [2.05, 4.69) is 17.7 Å². The maximum atomic E-state index is 3.37. The highest BCUT2D eigenvalue weighted by Gasteiger charge is 2.07. The van der Waals surface area contributed by atoms with E-state index >= 15 is 0 Å². The van der Waals surface area contributed by atoms with E-state index in [0.29, 0.717) is 0 Å². The number of hydrogen-bond acceptors (Lipinski definition) is 2. The molecule has 82 valence electrons.